The minimum absolute atomic E-state index is 0.222. The van der Waals surface area contributed by atoms with Gasteiger partial charge in [-0.1, -0.05) is 30.3 Å². The van der Waals surface area contributed by atoms with Gasteiger partial charge in [0.05, 0.1) is 13.2 Å². The largest absolute Gasteiger partial charge is 0.488 e. The molecule has 4 rings (SSSR count). The Kier molecular flexibility index (Phi) is 5.55. The molecule has 3 heterocycles. The maximum Gasteiger partial charge on any atom is 0.163 e. The van der Waals surface area contributed by atoms with Crippen LogP contribution in [-0.4, -0.2) is 60.3 Å². The fourth-order valence-corrected chi connectivity index (χ4v) is 4.35. The molecule has 0 amide bonds. The van der Waals surface area contributed by atoms with E-state index in [1.807, 2.05) is 19.9 Å². The smallest absolute Gasteiger partial charge is 0.163 e. The molecule has 27 heavy (non-hydrogen) atoms. The minimum atomic E-state index is -0.627. The van der Waals surface area contributed by atoms with Crippen molar-refractivity contribution in [1.29, 1.82) is 0 Å². The normalized spacial score (nSPS) is 31.7. The van der Waals surface area contributed by atoms with Gasteiger partial charge >= 0.3 is 0 Å². The van der Waals surface area contributed by atoms with Crippen LogP contribution in [0.2, 0.25) is 0 Å². The van der Waals surface area contributed by atoms with E-state index >= 15 is 0 Å². The Hall–Kier alpha value is -1.40. The highest BCUT2D eigenvalue weighted by atomic mass is 16.8. The summed E-state index contributed by atoms with van der Waals surface area (Å²) in [6, 6.07) is 10.8. The van der Waals surface area contributed by atoms with Crippen molar-refractivity contribution in [3.05, 3.63) is 47.7 Å². The second-order valence-electron chi connectivity index (χ2n) is 8.48. The number of benzene rings is 1. The van der Waals surface area contributed by atoms with Crippen molar-refractivity contribution >= 4 is 0 Å². The molecule has 0 bridgehead atoms. The van der Waals surface area contributed by atoms with Crippen molar-refractivity contribution in [2.75, 3.05) is 26.2 Å². The standard InChI is InChI=1S/C22H31NO4/c1-22(2)25-15-20(27-22)21-19(24)13-18(26-21)14-23-10-8-17(9-11-23)12-16-6-4-3-5-7-16/h3-7,13,17,19-21,24H,8-12,14-15H2,1-2H3/t19-,20-,21+/m1/s1. The average Bonchev–Trinajstić information content (AvgIpc) is 3.19. The van der Waals surface area contributed by atoms with Crippen LogP contribution in [0.1, 0.15) is 32.3 Å². The first kappa shape index (κ1) is 18.9. The Morgan fingerprint density at radius 2 is 1.89 bits per heavy atom. The van der Waals surface area contributed by atoms with Gasteiger partial charge in [0.15, 0.2) is 11.9 Å². The maximum atomic E-state index is 10.4. The number of likely N-dealkylation sites (tertiary alicyclic amines) is 1. The van der Waals surface area contributed by atoms with Gasteiger partial charge in [0, 0.05) is 0 Å². The Morgan fingerprint density at radius 3 is 2.56 bits per heavy atom. The number of rotatable bonds is 5. The van der Waals surface area contributed by atoms with Crippen molar-refractivity contribution in [3.63, 3.8) is 0 Å². The monoisotopic (exact) mass is 373 g/mol. The van der Waals surface area contributed by atoms with E-state index in [9.17, 15) is 5.11 Å². The van der Waals surface area contributed by atoms with Crippen LogP contribution in [0.15, 0.2) is 42.2 Å². The van der Waals surface area contributed by atoms with Gasteiger partial charge in [-0.25, -0.2) is 0 Å². The van der Waals surface area contributed by atoms with E-state index in [2.05, 4.69) is 35.2 Å². The summed E-state index contributed by atoms with van der Waals surface area (Å²) in [5, 5.41) is 10.4. The molecule has 0 radical (unpaired) electrons. The summed E-state index contributed by atoms with van der Waals surface area (Å²) in [6.07, 6.45) is 4.22. The molecule has 0 aromatic heterocycles. The van der Waals surface area contributed by atoms with Crippen LogP contribution in [0.5, 0.6) is 0 Å². The van der Waals surface area contributed by atoms with Gasteiger partial charge in [-0.3, -0.25) is 4.90 Å². The number of aliphatic hydroxyl groups excluding tert-OH is 1. The second kappa shape index (κ2) is 7.92. The third kappa shape index (κ3) is 4.72. The predicted molar refractivity (Wildman–Crippen MR) is 103 cm³/mol. The summed E-state index contributed by atoms with van der Waals surface area (Å²) >= 11 is 0. The molecule has 5 nitrogen and oxygen atoms in total. The maximum absolute atomic E-state index is 10.4. The van der Waals surface area contributed by atoms with Crippen molar-refractivity contribution < 1.29 is 19.3 Å². The van der Waals surface area contributed by atoms with E-state index in [1.165, 1.54) is 24.8 Å². The number of aliphatic hydroxyl groups is 1. The van der Waals surface area contributed by atoms with Gasteiger partial charge in [-0.05, 0) is 63.8 Å². The zero-order valence-electron chi connectivity index (χ0n) is 16.3. The molecule has 1 aromatic carbocycles. The minimum Gasteiger partial charge on any atom is -0.488 e. The molecular weight excluding hydrogens is 342 g/mol. The second-order valence-corrected chi connectivity index (χ2v) is 8.48. The first-order valence-electron chi connectivity index (χ1n) is 10.1. The lowest BCUT2D eigenvalue weighted by molar-refractivity contribution is -0.157. The summed E-state index contributed by atoms with van der Waals surface area (Å²) in [5.74, 6) is 1.02. The Morgan fingerprint density at radius 1 is 1.15 bits per heavy atom. The summed E-state index contributed by atoms with van der Waals surface area (Å²) in [6.45, 7) is 7.16. The van der Waals surface area contributed by atoms with Gasteiger partial charge in [-0.15, -0.1) is 0 Å². The predicted octanol–water partition coefficient (Wildman–Crippen LogP) is 2.74. The molecule has 3 aliphatic heterocycles. The third-order valence-corrected chi connectivity index (χ3v) is 5.83. The van der Waals surface area contributed by atoms with E-state index in [-0.39, 0.29) is 12.2 Å². The molecule has 0 saturated carbocycles. The Labute approximate surface area is 161 Å². The van der Waals surface area contributed by atoms with Crippen LogP contribution in [-0.2, 0) is 20.6 Å². The lowest BCUT2D eigenvalue weighted by atomic mass is 9.90. The van der Waals surface area contributed by atoms with Crippen molar-refractivity contribution in [3.8, 4) is 0 Å². The fraction of sp³-hybridized carbons (Fsp3) is 0.636. The topological polar surface area (TPSA) is 51.2 Å². The van der Waals surface area contributed by atoms with Gasteiger partial charge < -0.3 is 19.3 Å². The number of hydrogen-bond acceptors (Lipinski definition) is 5. The number of ether oxygens (including phenoxy) is 3. The van der Waals surface area contributed by atoms with E-state index in [0.29, 0.717) is 6.61 Å². The van der Waals surface area contributed by atoms with Crippen LogP contribution < -0.4 is 0 Å². The molecule has 5 heteroatoms. The molecule has 1 aromatic rings. The molecular formula is C22H31NO4. The zero-order valence-corrected chi connectivity index (χ0v) is 16.3. The molecule has 0 unspecified atom stereocenters. The molecule has 0 spiro atoms. The lowest BCUT2D eigenvalue weighted by Crippen LogP contribution is -2.39. The molecule has 3 atom stereocenters. The van der Waals surface area contributed by atoms with Crippen LogP contribution in [0.4, 0.5) is 0 Å². The van der Waals surface area contributed by atoms with E-state index in [4.69, 9.17) is 14.2 Å². The average molecular weight is 373 g/mol. The molecule has 2 fully saturated rings. The molecule has 1 N–H and O–H groups in total. The molecule has 148 valence electrons. The first-order chi connectivity index (χ1) is 13.0. The van der Waals surface area contributed by atoms with Crippen molar-refractivity contribution in [2.24, 2.45) is 5.92 Å². The summed E-state index contributed by atoms with van der Waals surface area (Å²) < 4.78 is 17.5. The van der Waals surface area contributed by atoms with Gasteiger partial charge in [0.1, 0.15) is 18.0 Å². The first-order valence-corrected chi connectivity index (χ1v) is 10.1. The Bertz CT molecular complexity index is 652. The number of hydrogen-bond donors (Lipinski definition) is 1. The van der Waals surface area contributed by atoms with Gasteiger partial charge in [0.25, 0.3) is 0 Å². The van der Waals surface area contributed by atoms with E-state index in [1.54, 1.807) is 0 Å². The summed E-state index contributed by atoms with van der Waals surface area (Å²) in [4.78, 5) is 2.43. The van der Waals surface area contributed by atoms with Crippen molar-refractivity contribution in [1.82, 2.24) is 4.90 Å². The SMILES string of the molecule is CC1(C)OC[C@H]([C@H]2OC(CN3CCC(Cc4ccccc4)CC3)=C[C@H]2O)O1. The molecule has 0 aliphatic carbocycles. The van der Waals surface area contributed by atoms with Crippen molar-refractivity contribution in [2.45, 2.75) is 57.2 Å². The number of piperidine rings is 1. The quantitative estimate of drug-likeness (QED) is 0.860. The third-order valence-electron chi connectivity index (χ3n) is 5.83. The van der Waals surface area contributed by atoms with Crippen LogP contribution in [0.3, 0.4) is 0 Å². The van der Waals surface area contributed by atoms with E-state index < -0.39 is 11.9 Å². The summed E-state index contributed by atoms with van der Waals surface area (Å²) in [7, 11) is 0. The zero-order chi connectivity index (χ0) is 18.9. The highest BCUT2D eigenvalue weighted by molar-refractivity contribution is 5.15. The lowest BCUT2D eigenvalue weighted by Gasteiger charge is -2.32. The van der Waals surface area contributed by atoms with Gasteiger partial charge in [-0.2, -0.15) is 0 Å². The molecule has 3 aliphatic rings. The van der Waals surface area contributed by atoms with Crippen LogP contribution >= 0.6 is 0 Å². The highest BCUT2D eigenvalue weighted by Gasteiger charge is 2.43. The van der Waals surface area contributed by atoms with E-state index in [0.717, 1.165) is 31.3 Å². The highest BCUT2D eigenvalue weighted by Crippen LogP contribution is 2.31. The number of nitrogens with zero attached hydrogens (tertiary/aromatic N) is 1. The summed E-state index contributed by atoms with van der Waals surface area (Å²) in [5.41, 5.74) is 1.44. The van der Waals surface area contributed by atoms with Gasteiger partial charge in [0.2, 0.25) is 0 Å². The van der Waals surface area contributed by atoms with Crippen LogP contribution in [0, 0.1) is 5.92 Å². The molecule has 2 saturated heterocycles. The van der Waals surface area contributed by atoms with Crippen LogP contribution in [0.25, 0.3) is 0 Å². The fourth-order valence-electron chi connectivity index (χ4n) is 4.35. The Balaban J connectivity index is 1.23.